The van der Waals surface area contributed by atoms with Crippen molar-refractivity contribution < 1.29 is 13.9 Å². The molecule has 156 valence electrons. The number of anilines is 1. The lowest BCUT2D eigenvalue weighted by Gasteiger charge is -2.12. The Bertz CT molecular complexity index is 1340. The first-order chi connectivity index (χ1) is 14.9. The summed E-state index contributed by atoms with van der Waals surface area (Å²) in [6, 6.07) is 18.0. The second-order valence-electron chi connectivity index (χ2n) is 7.44. The molecule has 4 rings (SSSR count). The lowest BCUT2D eigenvalue weighted by molar-refractivity contribution is -0.118. The third kappa shape index (κ3) is 4.48. The van der Waals surface area contributed by atoms with Crippen LogP contribution in [0.3, 0.4) is 0 Å². The summed E-state index contributed by atoms with van der Waals surface area (Å²) in [5.41, 5.74) is 4.52. The first-order valence-electron chi connectivity index (χ1n) is 9.91. The highest BCUT2D eigenvalue weighted by atomic mass is 16.5. The fourth-order valence-corrected chi connectivity index (χ4v) is 3.30. The van der Waals surface area contributed by atoms with E-state index in [1.807, 2.05) is 39.0 Å². The molecule has 31 heavy (non-hydrogen) atoms. The van der Waals surface area contributed by atoms with Gasteiger partial charge < -0.3 is 14.5 Å². The fraction of sp³-hybridized carbons (Fsp3) is 0.160. The fourth-order valence-electron chi connectivity index (χ4n) is 3.30. The molecule has 0 saturated heterocycles. The Morgan fingerprint density at radius 3 is 2.58 bits per heavy atom. The van der Waals surface area contributed by atoms with E-state index in [0.29, 0.717) is 27.9 Å². The second kappa shape index (κ2) is 8.44. The standard InChI is InChI=1S/C25H22N2O4/c1-15-11-17(3)22(12-16(15)2)30-14-23(28)26-19-8-6-7-18(13-19)24-27-21-10-5-4-9-20(21)25(29)31-24/h4-13H,14H2,1-3H3,(H,26,28). The van der Waals surface area contributed by atoms with Gasteiger partial charge in [0.05, 0.1) is 10.9 Å². The molecule has 1 N–H and O–H groups in total. The Kier molecular flexibility index (Phi) is 5.54. The van der Waals surface area contributed by atoms with Crippen LogP contribution in [0.5, 0.6) is 5.75 Å². The molecule has 0 bridgehead atoms. The minimum Gasteiger partial charge on any atom is -0.483 e. The third-order valence-electron chi connectivity index (χ3n) is 5.08. The van der Waals surface area contributed by atoms with Crippen LogP contribution in [0.1, 0.15) is 16.7 Å². The van der Waals surface area contributed by atoms with E-state index in [2.05, 4.69) is 10.3 Å². The minimum absolute atomic E-state index is 0.114. The van der Waals surface area contributed by atoms with Crippen molar-refractivity contribution in [3.63, 3.8) is 0 Å². The molecular formula is C25H22N2O4. The summed E-state index contributed by atoms with van der Waals surface area (Å²) in [5.74, 6) is 0.596. The van der Waals surface area contributed by atoms with Crippen LogP contribution in [0.2, 0.25) is 0 Å². The smallest absolute Gasteiger partial charge is 0.347 e. The number of amides is 1. The molecule has 3 aromatic carbocycles. The molecule has 0 spiro atoms. The zero-order valence-corrected chi connectivity index (χ0v) is 17.6. The molecule has 0 fully saturated rings. The number of rotatable bonds is 5. The van der Waals surface area contributed by atoms with Crippen LogP contribution < -0.4 is 15.7 Å². The quantitative estimate of drug-likeness (QED) is 0.507. The molecule has 0 aliphatic carbocycles. The largest absolute Gasteiger partial charge is 0.483 e. The van der Waals surface area contributed by atoms with E-state index in [1.165, 1.54) is 5.56 Å². The van der Waals surface area contributed by atoms with Crippen LogP contribution in [0.25, 0.3) is 22.4 Å². The summed E-state index contributed by atoms with van der Waals surface area (Å²) in [6.45, 7) is 5.88. The van der Waals surface area contributed by atoms with Crippen molar-refractivity contribution >= 4 is 22.5 Å². The Labute approximate surface area is 179 Å². The van der Waals surface area contributed by atoms with Gasteiger partial charge in [-0.05, 0) is 73.9 Å². The van der Waals surface area contributed by atoms with E-state index in [0.717, 1.165) is 11.1 Å². The van der Waals surface area contributed by atoms with Gasteiger partial charge in [0.25, 0.3) is 5.91 Å². The molecule has 1 heterocycles. The molecule has 0 unspecified atom stereocenters. The maximum absolute atomic E-state index is 12.4. The van der Waals surface area contributed by atoms with E-state index in [9.17, 15) is 9.59 Å². The number of para-hydroxylation sites is 1. The van der Waals surface area contributed by atoms with E-state index < -0.39 is 5.63 Å². The summed E-state index contributed by atoms with van der Waals surface area (Å²) in [5, 5.41) is 3.23. The van der Waals surface area contributed by atoms with Gasteiger partial charge in [0.1, 0.15) is 5.75 Å². The van der Waals surface area contributed by atoms with Crippen LogP contribution in [0.4, 0.5) is 5.69 Å². The van der Waals surface area contributed by atoms with E-state index >= 15 is 0 Å². The van der Waals surface area contributed by atoms with Gasteiger partial charge in [-0.15, -0.1) is 0 Å². The SMILES string of the molecule is Cc1cc(C)c(OCC(=O)Nc2cccc(-c3nc4ccccc4c(=O)o3)c2)cc1C. The Morgan fingerprint density at radius 2 is 1.74 bits per heavy atom. The van der Waals surface area contributed by atoms with Crippen molar-refractivity contribution in [3.8, 4) is 17.2 Å². The second-order valence-corrected chi connectivity index (χ2v) is 7.44. The number of hydrogen-bond donors (Lipinski definition) is 1. The Morgan fingerprint density at radius 1 is 0.968 bits per heavy atom. The van der Waals surface area contributed by atoms with Gasteiger partial charge in [-0.2, -0.15) is 0 Å². The molecule has 0 atom stereocenters. The maximum Gasteiger partial charge on any atom is 0.347 e. The molecule has 4 aromatic rings. The molecular weight excluding hydrogens is 392 g/mol. The van der Waals surface area contributed by atoms with Crippen molar-refractivity contribution in [2.75, 3.05) is 11.9 Å². The van der Waals surface area contributed by atoms with Gasteiger partial charge in [0.15, 0.2) is 6.61 Å². The van der Waals surface area contributed by atoms with Crippen LogP contribution in [-0.4, -0.2) is 17.5 Å². The monoisotopic (exact) mass is 414 g/mol. The van der Waals surface area contributed by atoms with E-state index in [1.54, 1.807) is 42.5 Å². The first-order valence-corrected chi connectivity index (χ1v) is 9.91. The highest BCUT2D eigenvalue weighted by Gasteiger charge is 2.11. The topological polar surface area (TPSA) is 81.4 Å². The van der Waals surface area contributed by atoms with Crippen LogP contribution in [-0.2, 0) is 4.79 Å². The Hall–Kier alpha value is -3.93. The number of carbonyl (C=O) groups is 1. The number of carbonyl (C=O) groups excluding carboxylic acids is 1. The maximum atomic E-state index is 12.4. The average Bonchev–Trinajstić information content (AvgIpc) is 2.75. The molecule has 0 saturated carbocycles. The van der Waals surface area contributed by atoms with Gasteiger partial charge in [0, 0.05) is 11.3 Å². The average molecular weight is 414 g/mol. The van der Waals surface area contributed by atoms with Crippen molar-refractivity contribution in [1.29, 1.82) is 0 Å². The van der Waals surface area contributed by atoms with Crippen molar-refractivity contribution in [2.24, 2.45) is 0 Å². The van der Waals surface area contributed by atoms with Gasteiger partial charge in [-0.25, -0.2) is 9.78 Å². The van der Waals surface area contributed by atoms with Crippen LogP contribution in [0, 0.1) is 20.8 Å². The van der Waals surface area contributed by atoms with Gasteiger partial charge in [-0.1, -0.05) is 24.3 Å². The van der Waals surface area contributed by atoms with Crippen molar-refractivity contribution in [3.05, 3.63) is 87.8 Å². The predicted octanol–water partition coefficient (Wildman–Crippen LogP) is 4.80. The zero-order chi connectivity index (χ0) is 22.0. The van der Waals surface area contributed by atoms with E-state index in [4.69, 9.17) is 9.15 Å². The number of aromatic nitrogens is 1. The predicted molar refractivity (Wildman–Crippen MR) is 120 cm³/mol. The number of nitrogens with zero attached hydrogens (tertiary/aromatic N) is 1. The summed E-state index contributed by atoms with van der Waals surface area (Å²) >= 11 is 0. The molecule has 1 aromatic heterocycles. The van der Waals surface area contributed by atoms with Crippen LogP contribution in [0.15, 0.2) is 69.9 Å². The van der Waals surface area contributed by atoms with E-state index in [-0.39, 0.29) is 18.4 Å². The highest BCUT2D eigenvalue weighted by molar-refractivity contribution is 5.92. The molecule has 1 amide bonds. The molecule has 6 heteroatoms. The van der Waals surface area contributed by atoms with Crippen molar-refractivity contribution in [1.82, 2.24) is 4.98 Å². The Balaban J connectivity index is 1.49. The lowest BCUT2D eigenvalue weighted by atomic mass is 10.1. The third-order valence-corrected chi connectivity index (χ3v) is 5.08. The summed E-state index contributed by atoms with van der Waals surface area (Å²) < 4.78 is 11.1. The number of nitrogens with one attached hydrogen (secondary N) is 1. The number of fused-ring (bicyclic) bond motifs is 1. The normalized spacial score (nSPS) is 10.8. The number of aryl methyl sites for hydroxylation is 3. The molecule has 0 aliphatic heterocycles. The summed E-state index contributed by atoms with van der Waals surface area (Å²) in [7, 11) is 0. The summed E-state index contributed by atoms with van der Waals surface area (Å²) in [6.07, 6.45) is 0. The number of hydrogen-bond acceptors (Lipinski definition) is 5. The molecule has 0 aliphatic rings. The summed E-state index contributed by atoms with van der Waals surface area (Å²) in [4.78, 5) is 29.1. The van der Waals surface area contributed by atoms with Crippen LogP contribution >= 0.6 is 0 Å². The number of ether oxygens (including phenoxy) is 1. The zero-order valence-electron chi connectivity index (χ0n) is 17.6. The highest BCUT2D eigenvalue weighted by Crippen LogP contribution is 2.23. The minimum atomic E-state index is -0.452. The number of benzene rings is 3. The lowest BCUT2D eigenvalue weighted by Crippen LogP contribution is -2.20. The molecule has 6 nitrogen and oxygen atoms in total. The molecule has 0 radical (unpaired) electrons. The van der Waals surface area contributed by atoms with Gasteiger partial charge in [-0.3, -0.25) is 4.79 Å². The van der Waals surface area contributed by atoms with Gasteiger partial charge in [0.2, 0.25) is 5.89 Å². The van der Waals surface area contributed by atoms with Gasteiger partial charge >= 0.3 is 5.63 Å². The van der Waals surface area contributed by atoms with Crippen molar-refractivity contribution in [2.45, 2.75) is 20.8 Å². The first kappa shape index (κ1) is 20.3.